The van der Waals surface area contributed by atoms with Gasteiger partial charge in [-0.1, -0.05) is 13.3 Å². The van der Waals surface area contributed by atoms with Gasteiger partial charge in [0.2, 0.25) is 0 Å². The van der Waals surface area contributed by atoms with Gasteiger partial charge in [-0.2, -0.15) is 0 Å². The lowest BCUT2D eigenvalue weighted by Crippen LogP contribution is -2.27. The average Bonchev–Trinajstić information content (AvgIpc) is 2.46. The molecule has 0 aliphatic heterocycles. The molecule has 6 heteroatoms. The highest BCUT2D eigenvalue weighted by Gasteiger charge is 2.16. The average molecular weight is 327 g/mol. The van der Waals surface area contributed by atoms with E-state index < -0.39 is 5.60 Å². The van der Waals surface area contributed by atoms with Gasteiger partial charge in [0.05, 0.1) is 11.8 Å². The van der Waals surface area contributed by atoms with Gasteiger partial charge in [0, 0.05) is 32.0 Å². The number of hydrogen-bond acceptors (Lipinski definition) is 6. The fourth-order valence-corrected chi connectivity index (χ4v) is 1.91. The molecule has 0 aromatic carbocycles. The van der Waals surface area contributed by atoms with E-state index in [4.69, 9.17) is 20.6 Å². The summed E-state index contributed by atoms with van der Waals surface area (Å²) in [7, 11) is 0. The number of allylic oxidation sites excluding steroid dienone is 1. The highest BCUT2D eigenvalue weighted by Crippen LogP contribution is 2.12. The molecule has 6 nitrogen and oxygen atoms in total. The SMILES string of the molecule is CCCOC(CCCCC(=O)OC(C)(C)C)CN/C=C(/N)C=N. The van der Waals surface area contributed by atoms with Crippen LogP contribution in [0, 0.1) is 5.41 Å². The van der Waals surface area contributed by atoms with Crippen LogP contribution in [0.15, 0.2) is 11.9 Å². The Morgan fingerprint density at radius 1 is 1.35 bits per heavy atom. The Balaban J connectivity index is 4.04. The van der Waals surface area contributed by atoms with Crippen molar-refractivity contribution in [1.29, 1.82) is 5.41 Å². The van der Waals surface area contributed by atoms with Crippen LogP contribution < -0.4 is 11.1 Å². The van der Waals surface area contributed by atoms with Crippen molar-refractivity contribution in [1.82, 2.24) is 5.32 Å². The van der Waals surface area contributed by atoms with E-state index in [-0.39, 0.29) is 12.1 Å². The maximum absolute atomic E-state index is 11.6. The largest absolute Gasteiger partial charge is 0.460 e. The standard InChI is InChI=1S/C17H33N3O3/c1-5-10-22-15(13-20-12-14(19)11-18)8-6-7-9-16(21)23-17(2,3)4/h11-12,15,18,20H,5-10,13,19H2,1-4H3/b14-12+,18-11?. The molecule has 134 valence electrons. The molecule has 0 fully saturated rings. The van der Waals surface area contributed by atoms with Crippen molar-refractivity contribution in [2.75, 3.05) is 13.2 Å². The summed E-state index contributed by atoms with van der Waals surface area (Å²) >= 11 is 0. The molecule has 1 atom stereocenters. The first kappa shape index (κ1) is 21.4. The van der Waals surface area contributed by atoms with E-state index in [1.807, 2.05) is 20.8 Å². The van der Waals surface area contributed by atoms with Crippen LogP contribution in [0.4, 0.5) is 0 Å². The molecule has 23 heavy (non-hydrogen) atoms. The van der Waals surface area contributed by atoms with Crippen molar-refractivity contribution in [2.24, 2.45) is 5.73 Å². The van der Waals surface area contributed by atoms with E-state index in [0.717, 1.165) is 31.9 Å². The summed E-state index contributed by atoms with van der Waals surface area (Å²) < 4.78 is 11.1. The van der Waals surface area contributed by atoms with Crippen molar-refractivity contribution < 1.29 is 14.3 Å². The van der Waals surface area contributed by atoms with Gasteiger partial charge < -0.3 is 25.9 Å². The number of esters is 1. The van der Waals surface area contributed by atoms with Gasteiger partial charge in [0.15, 0.2) is 0 Å². The molecule has 0 rings (SSSR count). The summed E-state index contributed by atoms with van der Waals surface area (Å²) in [5.74, 6) is -0.150. The van der Waals surface area contributed by atoms with E-state index in [1.165, 1.54) is 0 Å². The smallest absolute Gasteiger partial charge is 0.306 e. The molecule has 0 aromatic rings. The summed E-state index contributed by atoms with van der Waals surface area (Å²) in [6.45, 7) is 9.04. The summed E-state index contributed by atoms with van der Waals surface area (Å²) in [4.78, 5) is 11.6. The van der Waals surface area contributed by atoms with Gasteiger partial charge in [0.1, 0.15) is 5.60 Å². The van der Waals surface area contributed by atoms with Gasteiger partial charge >= 0.3 is 5.97 Å². The normalized spacial score (nSPS) is 13.5. The van der Waals surface area contributed by atoms with Gasteiger partial charge in [-0.15, -0.1) is 0 Å². The molecule has 1 unspecified atom stereocenters. The van der Waals surface area contributed by atoms with Crippen LogP contribution in [0.2, 0.25) is 0 Å². The van der Waals surface area contributed by atoms with E-state index in [0.29, 0.717) is 25.3 Å². The molecular weight excluding hydrogens is 294 g/mol. The zero-order valence-corrected chi connectivity index (χ0v) is 15.0. The molecule has 0 saturated heterocycles. The number of hydrogen-bond donors (Lipinski definition) is 3. The number of nitrogens with one attached hydrogen (secondary N) is 2. The van der Waals surface area contributed by atoms with Gasteiger partial charge in [0.25, 0.3) is 0 Å². The fraction of sp³-hybridized carbons (Fsp3) is 0.765. The third-order valence-electron chi connectivity index (χ3n) is 2.92. The van der Waals surface area contributed by atoms with Crippen molar-refractivity contribution >= 4 is 12.2 Å². The van der Waals surface area contributed by atoms with E-state index in [2.05, 4.69) is 12.2 Å². The lowest BCUT2D eigenvalue weighted by Gasteiger charge is -2.20. The third kappa shape index (κ3) is 13.8. The molecule has 4 N–H and O–H groups in total. The summed E-state index contributed by atoms with van der Waals surface area (Å²) in [6.07, 6.45) is 6.74. The number of carbonyl (C=O) groups excluding carboxylic acids is 1. The van der Waals surface area contributed by atoms with E-state index in [9.17, 15) is 4.79 Å². The Labute approximate surface area is 140 Å². The van der Waals surface area contributed by atoms with Gasteiger partial charge in [-0.3, -0.25) is 4.79 Å². The highest BCUT2D eigenvalue weighted by atomic mass is 16.6. The Morgan fingerprint density at radius 2 is 2.04 bits per heavy atom. The van der Waals surface area contributed by atoms with E-state index >= 15 is 0 Å². The molecule has 0 bridgehead atoms. The highest BCUT2D eigenvalue weighted by molar-refractivity contribution is 5.73. The van der Waals surface area contributed by atoms with Crippen LogP contribution in [0.5, 0.6) is 0 Å². The molecule has 0 heterocycles. The predicted molar refractivity (Wildman–Crippen MR) is 93.4 cm³/mol. The monoisotopic (exact) mass is 327 g/mol. The van der Waals surface area contributed by atoms with Crippen molar-refractivity contribution in [3.8, 4) is 0 Å². The minimum Gasteiger partial charge on any atom is -0.460 e. The van der Waals surface area contributed by atoms with Crippen LogP contribution in [0.25, 0.3) is 0 Å². The van der Waals surface area contributed by atoms with Crippen LogP contribution in [-0.4, -0.2) is 37.0 Å². The second kappa shape index (κ2) is 11.9. The fourth-order valence-electron chi connectivity index (χ4n) is 1.91. The van der Waals surface area contributed by atoms with Crippen molar-refractivity contribution in [3.05, 3.63) is 11.9 Å². The Hall–Kier alpha value is -1.56. The van der Waals surface area contributed by atoms with Gasteiger partial charge in [-0.05, 0) is 40.0 Å². The maximum atomic E-state index is 11.6. The molecule has 0 spiro atoms. The van der Waals surface area contributed by atoms with Crippen LogP contribution in [0.3, 0.4) is 0 Å². The molecule has 0 radical (unpaired) electrons. The first-order chi connectivity index (χ1) is 10.8. The minimum absolute atomic E-state index is 0.0726. The molecule has 0 amide bonds. The number of carbonyl (C=O) groups is 1. The molecular formula is C17H33N3O3. The number of nitrogens with two attached hydrogens (primary N) is 1. The molecule has 0 saturated carbocycles. The Kier molecular flexibility index (Phi) is 11.1. The summed E-state index contributed by atoms with van der Waals surface area (Å²) in [6, 6.07) is 0. The maximum Gasteiger partial charge on any atom is 0.306 e. The second-order valence-corrected chi connectivity index (χ2v) is 6.52. The van der Waals surface area contributed by atoms with Crippen molar-refractivity contribution in [3.63, 3.8) is 0 Å². The van der Waals surface area contributed by atoms with Gasteiger partial charge in [-0.25, -0.2) is 0 Å². The third-order valence-corrected chi connectivity index (χ3v) is 2.92. The van der Waals surface area contributed by atoms with Crippen LogP contribution in [-0.2, 0) is 14.3 Å². The van der Waals surface area contributed by atoms with E-state index in [1.54, 1.807) is 6.20 Å². The lowest BCUT2D eigenvalue weighted by molar-refractivity contribution is -0.154. The minimum atomic E-state index is -0.422. The molecule has 0 aliphatic rings. The number of ether oxygens (including phenoxy) is 2. The molecule has 0 aromatic heterocycles. The zero-order valence-electron chi connectivity index (χ0n) is 15.0. The second-order valence-electron chi connectivity index (χ2n) is 6.52. The summed E-state index contributed by atoms with van der Waals surface area (Å²) in [5.41, 5.74) is 5.49. The Bertz CT molecular complexity index is 376. The summed E-state index contributed by atoms with van der Waals surface area (Å²) in [5, 5.41) is 10.1. The topological polar surface area (TPSA) is 97.4 Å². The zero-order chi connectivity index (χ0) is 17.7. The van der Waals surface area contributed by atoms with Crippen LogP contribution >= 0.6 is 0 Å². The first-order valence-corrected chi connectivity index (χ1v) is 8.31. The quantitative estimate of drug-likeness (QED) is 0.291. The number of rotatable bonds is 12. The van der Waals surface area contributed by atoms with Crippen LogP contribution in [0.1, 0.15) is 59.8 Å². The number of unbranched alkanes of at least 4 members (excludes halogenated alkanes) is 1. The first-order valence-electron chi connectivity index (χ1n) is 8.31. The molecule has 0 aliphatic carbocycles. The lowest BCUT2D eigenvalue weighted by atomic mass is 10.1. The Morgan fingerprint density at radius 3 is 2.61 bits per heavy atom. The van der Waals surface area contributed by atoms with Crippen molar-refractivity contribution in [2.45, 2.75) is 71.5 Å². The predicted octanol–water partition coefficient (Wildman–Crippen LogP) is 2.72.